The highest BCUT2D eigenvalue weighted by molar-refractivity contribution is 6.30. The number of aryl methyl sites for hydroxylation is 1. The number of hydrogen-bond acceptors (Lipinski definition) is 5. The first kappa shape index (κ1) is 25.9. The van der Waals surface area contributed by atoms with E-state index in [1.54, 1.807) is 28.8 Å². The topological polar surface area (TPSA) is 96.9 Å². The summed E-state index contributed by atoms with van der Waals surface area (Å²) in [5.41, 5.74) is 1.36. The molecule has 1 N–H and O–H groups in total. The Morgan fingerprint density at radius 3 is 2.61 bits per heavy atom. The highest BCUT2D eigenvalue weighted by Gasteiger charge is 2.31. The molecular formula is C27H33ClN4O4. The van der Waals surface area contributed by atoms with Crippen LogP contribution in [-0.4, -0.2) is 43.4 Å². The number of imidazole rings is 1. The van der Waals surface area contributed by atoms with Crippen LogP contribution in [-0.2, 0) is 16.1 Å². The normalized spacial score (nSPS) is 15.9. The van der Waals surface area contributed by atoms with Crippen molar-refractivity contribution in [3.05, 3.63) is 51.9 Å². The zero-order chi connectivity index (χ0) is 25.7. The van der Waals surface area contributed by atoms with E-state index in [1.807, 2.05) is 12.1 Å². The molecule has 0 bridgehead atoms. The van der Waals surface area contributed by atoms with Crippen LogP contribution in [0.15, 0.2) is 41.3 Å². The molecule has 192 valence electrons. The Kier molecular flexibility index (Phi) is 8.46. The van der Waals surface area contributed by atoms with Crippen LogP contribution in [0.2, 0.25) is 5.02 Å². The first-order chi connectivity index (χ1) is 17.4. The number of carboxylic acids is 1. The number of aliphatic carboxylic acids is 1. The molecule has 0 unspecified atom stereocenters. The van der Waals surface area contributed by atoms with Crippen LogP contribution in [0.25, 0.3) is 17.0 Å². The van der Waals surface area contributed by atoms with E-state index in [-0.39, 0.29) is 30.2 Å². The molecule has 0 amide bonds. The molecule has 36 heavy (non-hydrogen) atoms. The lowest BCUT2D eigenvalue weighted by atomic mass is 9.95. The standard InChI is InChI=1S/C27H33ClN4O4/c1-2-3-5-16-31-24(30-15-6-4-8-22(30)23(33)9-7-10-26(35)36)17-25(34)32-18-21(29-27(31)32)19-11-13-20(28)14-12-19/h11-14,17-18,22H,2-10,15-16H2,1H3,(H,35,36)/t22-/m0/s1. The molecule has 0 radical (unpaired) electrons. The third-order valence-electron chi connectivity index (χ3n) is 6.80. The lowest BCUT2D eigenvalue weighted by Crippen LogP contribution is -2.46. The van der Waals surface area contributed by atoms with Gasteiger partial charge in [0.25, 0.3) is 5.56 Å². The van der Waals surface area contributed by atoms with Crippen molar-refractivity contribution in [3.63, 3.8) is 0 Å². The number of aromatic nitrogens is 3. The quantitative estimate of drug-likeness (QED) is 0.355. The van der Waals surface area contributed by atoms with E-state index < -0.39 is 5.97 Å². The van der Waals surface area contributed by atoms with E-state index in [0.29, 0.717) is 48.2 Å². The first-order valence-corrected chi connectivity index (χ1v) is 13.2. The second-order valence-electron chi connectivity index (χ2n) is 9.42. The summed E-state index contributed by atoms with van der Waals surface area (Å²) in [5.74, 6) is 0.414. The number of hydrogen-bond donors (Lipinski definition) is 1. The van der Waals surface area contributed by atoms with Crippen molar-refractivity contribution in [1.29, 1.82) is 0 Å². The lowest BCUT2D eigenvalue weighted by molar-refractivity contribution is -0.137. The Hall–Kier alpha value is -3.13. The van der Waals surface area contributed by atoms with Crippen molar-refractivity contribution in [2.45, 2.75) is 77.3 Å². The number of unbranched alkanes of at least 4 members (excludes halogenated alkanes) is 2. The van der Waals surface area contributed by atoms with E-state index in [1.165, 1.54) is 0 Å². The van der Waals surface area contributed by atoms with Crippen LogP contribution in [0.1, 0.15) is 64.7 Å². The Morgan fingerprint density at radius 2 is 1.89 bits per heavy atom. The number of Topliss-reactive ketones (excluding diaryl/α,β-unsaturated/α-hetero) is 1. The molecule has 1 aliphatic rings. The maximum absolute atomic E-state index is 13.3. The Morgan fingerprint density at radius 1 is 1.11 bits per heavy atom. The van der Waals surface area contributed by atoms with Gasteiger partial charge in [0, 0.05) is 48.8 Å². The van der Waals surface area contributed by atoms with Gasteiger partial charge in [0.1, 0.15) is 5.82 Å². The molecule has 0 saturated carbocycles. The number of nitrogens with zero attached hydrogens (tertiary/aromatic N) is 4. The number of carbonyl (C=O) groups is 2. The van der Waals surface area contributed by atoms with Gasteiger partial charge in [0.2, 0.25) is 5.78 Å². The van der Waals surface area contributed by atoms with Crippen molar-refractivity contribution in [2.24, 2.45) is 0 Å². The predicted molar refractivity (Wildman–Crippen MR) is 141 cm³/mol. The Bertz CT molecular complexity index is 1280. The van der Waals surface area contributed by atoms with E-state index in [0.717, 1.165) is 37.7 Å². The molecule has 4 rings (SSSR count). The Balaban J connectivity index is 1.75. The summed E-state index contributed by atoms with van der Waals surface area (Å²) in [7, 11) is 0. The zero-order valence-electron chi connectivity index (χ0n) is 20.7. The van der Waals surface area contributed by atoms with Crippen molar-refractivity contribution in [3.8, 4) is 11.3 Å². The number of carbonyl (C=O) groups excluding carboxylic acids is 1. The molecule has 8 nitrogen and oxygen atoms in total. The van der Waals surface area contributed by atoms with Gasteiger partial charge in [-0.25, -0.2) is 4.98 Å². The summed E-state index contributed by atoms with van der Waals surface area (Å²) in [6.07, 6.45) is 7.87. The van der Waals surface area contributed by atoms with Gasteiger partial charge in [-0.2, -0.15) is 0 Å². The minimum absolute atomic E-state index is 0.0201. The molecule has 2 aromatic heterocycles. The largest absolute Gasteiger partial charge is 0.481 e. The fraction of sp³-hybridized carbons (Fsp3) is 0.481. The molecular weight excluding hydrogens is 480 g/mol. The number of ketones is 1. The number of benzene rings is 1. The third-order valence-corrected chi connectivity index (χ3v) is 7.06. The van der Waals surface area contributed by atoms with Gasteiger partial charge in [-0.3, -0.25) is 23.4 Å². The minimum Gasteiger partial charge on any atom is -0.481 e. The summed E-state index contributed by atoms with van der Waals surface area (Å²) < 4.78 is 3.65. The van der Waals surface area contributed by atoms with Crippen molar-refractivity contribution >= 4 is 34.9 Å². The van der Waals surface area contributed by atoms with Crippen LogP contribution in [0.4, 0.5) is 5.82 Å². The van der Waals surface area contributed by atoms with Crippen LogP contribution in [0.5, 0.6) is 0 Å². The maximum atomic E-state index is 13.3. The monoisotopic (exact) mass is 512 g/mol. The highest BCUT2D eigenvalue weighted by atomic mass is 35.5. The van der Waals surface area contributed by atoms with Crippen molar-refractivity contribution in [2.75, 3.05) is 11.4 Å². The van der Waals surface area contributed by atoms with Crippen molar-refractivity contribution in [1.82, 2.24) is 14.0 Å². The average molecular weight is 513 g/mol. The predicted octanol–water partition coefficient (Wildman–Crippen LogP) is 5.19. The molecule has 1 aliphatic heterocycles. The van der Waals surface area contributed by atoms with Gasteiger partial charge >= 0.3 is 5.97 Å². The van der Waals surface area contributed by atoms with Crippen LogP contribution < -0.4 is 10.5 Å². The minimum atomic E-state index is -0.894. The number of carboxylic acid groups (broad SMARTS) is 1. The SMILES string of the molecule is CCCCCn1c(N2CCCC[C@H]2C(=O)CCCC(=O)O)cc(=O)n2cc(-c3ccc(Cl)cc3)nc12. The molecule has 1 fully saturated rings. The molecule has 1 saturated heterocycles. The molecule has 3 aromatic rings. The highest BCUT2D eigenvalue weighted by Crippen LogP contribution is 2.29. The van der Waals surface area contributed by atoms with E-state index >= 15 is 0 Å². The van der Waals surface area contributed by atoms with Gasteiger partial charge in [-0.05, 0) is 44.2 Å². The smallest absolute Gasteiger partial charge is 0.303 e. The number of anilines is 1. The van der Waals surface area contributed by atoms with E-state index in [2.05, 4.69) is 16.4 Å². The number of fused-ring (bicyclic) bond motifs is 1. The number of piperidine rings is 1. The second kappa shape index (κ2) is 11.7. The molecule has 0 spiro atoms. The molecule has 1 atom stereocenters. The lowest BCUT2D eigenvalue weighted by Gasteiger charge is -2.38. The average Bonchev–Trinajstić information content (AvgIpc) is 3.32. The summed E-state index contributed by atoms with van der Waals surface area (Å²) in [6, 6.07) is 8.62. The van der Waals surface area contributed by atoms with Gasteiger partial charge in [0.05, 0.1) is 11.7 Å². The van der Waals surface area contributed by atoms with Gasteiger partial charge < -0.3 is 10.0 Å². The zero-order valence-corrected chi connectivity index (χ0v) is 21.4. The summed E-state index contributed by atoms with van der Waals surface area (Å²) in [6.45, 7) is 3.50. The number of rotatable bonds is 11. The third kappa shape index (κ3) is 5.81. The van der Waals surface area contributed by atoms with Gasteiger partial charge in [-0.1, -0.05) is 43.5 Å². The van der Waals surface area contributed by atoms with E-state index in [9.17, 15) is 14.4 Å². The van der Waals surface area contributed by atoms with Crippen LogP contribution >= 0.6 is 11.6 Å². The number of halogens is 1. The Labute approximate surface area is 215 Å². The van der Waals surface area contributed by atoms with Gasteiger partial charge in [-0.15, -0.1) is 0 Å². The second-order valence-corrected chi connectivity index (χ2v) is 9.86. The fourth-order valence-corrected chi connectivity index (χ4v) is 5.06. The van der Waals surface area contributed by atoms with Crippen molar-refractivity contribution < 1.29 is 14.7 Å². The summed E-state index contributed by atoms with van der Waals surface area (Å²) >= 11 is 6.05. The molecule has 0 aliphatic carbocycles. The molecule has 3 heterocycles. The summed E-state index contributed by atoms with van der Waals surface area (Å²) in [4.78, 5) is 44.2. The fourth-order valence-electron chi connectivity index (χ4n) is 4.94. The van der Waals surface area contributed by atoms with Gasteiger partial charge in [0.15, 0.2) is 5.78 Å². The molecule has 1 aromatic carbocycles. The first-order valence-electron chi connectivity index (χ1n) is 12.8. The van der Waals surface area contributed by atoms with E-state index in [4.69, 9.17) is 21.7 Å². The molecule has 9 heteroatoms. The summed E-state index contributed by atoms with van der Waals surface area (Å²) in [5, 5.41) is 9.59. The van der Waals surface area contributed by atoms with Crippen LogP contribution in [0, 0.1) is 0 Å². The maximum Gasteiger partial charge on any atom is 0.303 e. The van der Waals surface area contributed by atoms with Crippen LogP contribution in [0.3, 0.4) is 0 Å².